The van der Waals surface area contributed by atoms with Crippen LogP contribution in [0.2, 0.25) is 0 Å². The minimum Gasteiger partial charge on any atom is -0.491 e. The number of hydrogen-bond acceptors (Lipinski definition) is 11. The summed E-state index contributed by atoms with van der Waals surface area (Å²) in [7, 11) is 0. The Balaban J connectivity index is 1.14. The van der Waals surface area contributed by atoms with Gasteiger partial charge in [0.05, 0.1) is 35.4 Å². The van der Waals surface area contributed by atoms with Crippen LogP contribution in [0.1, 0.15) is 84.9 Å². The summed E-state index contributed by atoms with van der Waals surface area (Å²) < 4.78 is 32.1. The molecule has 3 atom stereocenters. The van der Waals surface area contributed by atoms with Gasteiger partial charge in [-0.25, -0.2) is 14.2 Å². The second kappa shape index (κ2) is 18.2. The zero-order chi connectivity index (χ0) is 40.8. The minimum absolute atomic E-state index is 0.0285. The van der Waals surface area contributed by atoms with Crippen LogP contribution in [0.15, 0.2) is 23.7 Å². The van der Waals surface area contributed by atoms with E-state index < -0.39 is 52.6 Å². The number of likely N-dealkylation sites (tertiary alicyclic amines) is 2. The van der Waals surface area contributed by atoms with Gasteiger partial charge in [0.1, 0.15) is 30.0 Å². The molecule has 3 fully saturated rings. The summed E-state index contributed by atoms with van der Waals surface area (Å²) >= 11 is 1.52. The number of halogens is 1. The van der Waals surface area contributed by atoms with Crippen molar-refractivity contribution in [2.45, 2.75) is 123 Å². The first-order chi connectivity index (χ1) is 26.3. The van der Waals surface area contributed by atoms with E-state index in [1.165, 1.54) is 16.2 Å². The molecule has 1 aromatic carbocycles. The average Bonchev–Trinajstić information content (AvgIpc) is 3.53. The van der Waals surface area contributed by atoms with Gasteiger partial charge in [-0.15, -0.1) is 11.3 Å². The van der Waals surface area contributed by atoms with Crippen LogP contribution in [-0.4, -0.2) is 125 Å². The molecule has 1 aliphatic carbocycles. The van der Waals surface area contributed by atoms with Crippen LogP contribution < -0.4 is 20.7 Å². The van der Waals surface area contributed by atoms with E-state index in [9.17, 15) is 28.7 Å². The maximum absolute atomic E-state index is 14.6. The summed E-state index contributed by atoms with van der Waals surface area (Å²) in [4.78, 5) is 61.2. The summed E-state index contributed by atoms with van der Waals surface area (Å²) in [5, 5.41) is 19.1. The number of thiazole rings is 1. The molecular formula is C40H59FN6O8S. The van der Waals surface area contributed by atoms with Crippen LogP contribution in [0.3, 0.4) is 0 Å². The van der Waals surface area contributed by atoms with Gasteiger partial charge in [0, 0.05) is 50.7 Å². The minimum atomic E-state index is -1.96. The molecule has 56 heavy (non-hydrogen) atoms. The van der Waals surface area contributed by atoms with Crippen molar-refractivity contribution in [2.75, 3.05) is 46.0 Å². The van der Waals surface area contributed by atoms with Gasteiger partial charge in [-0.1, -0.05) is 32.9 Å². The number of aliphatic hydroxyl groups is 1. The van der Waals surface area contributed by atoms with Crippen molar-refractivity contribution in [3.8, 4) is 16.2 Å². The summed E-state index contributed by atoms with van der Waals surface area (Å²) in [6.45, 7) is 16.4. The fourth-order valence-corrected chi connectivity index (χ4v) is 7.66. The third-order valence-corrected chi connectivity index (χ3v) is 11.2. The molecule has 2 aromatic rings. The molecule has 0 spiro atoms. The number of alkyl halides is 1. The average molecular weight is 803 g/mol. The Hall–Kier alpha value is -3.86. The van der Waals surface area contributed by atoms with Crippen molar-refractivity contribution < 1.29 is 42.9 Å². The quantitative estimate of drug-likeness (QED) is 0.192. The van der Waals surface area contributed by atoms with Crippen molar-refractivity contribution in [1.29, 1.82) is 0 Å². The van der Waals surface area contributed by atoms with Gasteiger partial charge in [0.15, 0.2) is 5.67 Å². The first kappa shape index (κ1) is 43.3. The topological polar surface area (TPSA) is 172 Å². The molecule has 1 saturated carbocycles. The van der Waals surface area contributed by atoms with Crippen molar-refractivity contribution in [3.05, 3.63) is 35.0 Å². The highest BCUT2D eigenvalue weighted by atomic mass is 32.1. The Bertz CT molecular complexity index is 1700. The Morgan fingerprint density at radius 1 is 1.07 bits per heavy atom. The van der Waals surface area contributed by atoms with Gasteiger partial charge in [0.25, 0.3) is 5.91 Å². The fraction of sp³-hybridized carbons (Fsp3) is 0.675. The third-order valence-electron chi connectivity index (χ3n) is 10.2. The molecule has 16 heteroatoms. The van der Waals surface area contributed by atoms with Crippen molar-refractivity contribution >= 4 is 35.2 Å². The number of rotatable bonds is 15. The van der Waals surface area contributed by atoms with Crippen LogP contribution in [0.25, 0.3) is 10.4 Å². The predicted octanol–water partition coefficient (Wildman–Crippen LogP) is 4.11. The number of aliphatic hydroxyl groups excluding tert-OH is 1. The van der Waals surface area contributed by atoms with E-state index in [0.29, 0.717) is 24.5 Å². The molecule has 2 saturated heterocycles. The predicted molar refractivity (Wildman–Crippen MR) is 210 cm³/mol. The van der Waals surface area contributed by atoms with E-state index in [1.54, 1.807) is 26.3 Å². The number of alkyl carbamates (subject to hydrolysis) is 1. The van der Waals surface area contributed by atoms with E-state index in [-0.39, 0.29) is 51.1 Å². The molecule has 0 bridgehead atoms. The van der Waals surface area contributed by atoms with Gasteiger partial charge in [0.2, 0.25) is 11.8 Å². The lowest BCUT2D eigenvalue weighted by Crippen LogP contribution is -2.59. The molecule has 4 amide bonds. The lowest BCUT2D eigenvalue weighted by atomic mass is 9.85. The summed E-state index contributed by atoms with van der Waals surface area (Å²) in [5.74, 6) is -1.26. The SMILES string of the molecule is Cc1ncsc1-c1ccc(CNC(=O)[C@@H]2C[C@@H](O)CN2C(=O)[C@@H](NC(=O)C2(F)CC2)C(C)(C)C)c(OCCOCCN2CCC(NC(=O)OC(C)(C)C)CC2)c1. The number of piperidine rings is 1. The van der Waals surface area contributed by atoms with Crippen LogP contribution in [0.5, 0.6) is 5.75 Å². The fourth-order valence-electron chi connectivity index (χ4n) is 6.85. The van der Waals surface area contributed by atoms with E-state index >= 15 is 0 Å². The number of β-amino-alcohol motifs (C(OH)–C–C–N with tert-alkyl or cyclic N) is 1. The summed E-state index contributed by atoms with van der Waals surface area (Å²) in [6, 6.07) is 3.76. The lowest BCUT2D eigenvalue weighted by molar-refractivity contribution is -0.145. The zero-order valence-corrected chi connectivity index (χ0v) is 34.6. The number of carbonyl (C=O) groups is 4. The normalized spacial score (nSPS) is 20.6. The van der Waals surface area contributed by atoms with E-state index in [2.05, 4.69) is 25.8 Å². The Morgan fingerprint density at radius 2 is 1.79 bits per heavy atom. The highest BCUT2D eigenvalue weighted by molar-refractivity contribution is 7.13. The number of aromatic nitrogens is 1. The van der Waals surface area contributed by atoms with Gasteiger partial charge in [-0.05, 0) is 70.4 Å². The van der Waals surface area contributed by atoms with Gasteiger partial charge >= 0.3 is 6.09 Å². The maximum atomic E-state index is 14.6. The Kier molecular flexibility index (Phi) is 14.0. The molecular weight excluding hydrogens is 744 g/mol. The van der Waals surface area contributed by atoms with Crippen molar-refractivity contribution in [3.63, 3.8) is 0 Å². The number of carbonyl (C=O) groups excluding carboxylic acids is 4. The second-order valence-corrected chi connectivity index (χ2v) is 18.0. The zero-order valence-electron chi connectivity index (χ0n) is 33.7. The number of ether oxygens (including phenoxy) is 3. The molecule has 2 aliphatic heterocycles. The van der Waals surface area contributed by atoms with E-state index in [0.717, 1.165) is 48.6 Å². The maximum Gasteiger partial charge on any atom is 0.407 e. The van der Waals surface area contributed by atoms with Gasteiger partial charge in [-0.3, -0.25) is 14.4 Å². The molecule has 14 nitrogen and oxygen atoms in total. The number of nitrogens with zero attached hydrogens (tertiary/aromatic N) is 3. The van der Waals surface area contributed by atoms with Crippen LogP contribution in [0, 0.1) is 12.3 Å². The highest BCUT2D eigenvalue weighted by Crippen LogP contribution is 2.40. The monoisotopic (exact) mass is 802 g/mol. The number of nitrogens with one attached hydrogen (secondary N) is 3. The van der Waals surface area contributed by atoms with Crippen LogP contribution in [0.4, 0.5) is 9.18 Å². The number of aryl methyl sites for hydroxylation is 1. The Labute approximate surface area is 333 Å². The van der Waals surface area contributed by atoms with Crippen molar-refractivity contribution in [1.82, 2.24) is 30.7 Å². The van der Waals surface area contributed by atoms with Gasteiger partial charge in [-0.2, -0.15) is 0 Å². The van der Waals surface area contributed by atoms with Crippen molar-refractivity contribution in [2.24, 2.45) is 5.41 Å². The smallest absolute Gasteiger partial charge is 0.407 e. The number of amides is 4. The number of hydrogen-bond donors (Lipinski definition) is 4. The molecule has 4 N–H and O–H groups in total. The van der Waals surface area contributed by atoms with E-state index in [4.69, 9.17) is 14.2 Å². The second-order valence-electron chi connectivity index (χ2n) is 17.2. The lowest BCUT2D eigenvalue weighted by Gasteiger charge is -2.35. The molecule has 1 aromatic heterocycles. The molecule has 310 valence electrons. The molecule has 3 aliphatic rings. The Morgan fingerprint density at radius 3 is 2.41 bits per heavy atom. The first-order valence-electron chi connectivity index (χ1n) is 19.5. The molecule has 0 unspecified atom stereocenters. The number of benzene rings is 1. The molecule has 3 heterocycles. The molecule has 5 rings (SSSR count). The van der Waals surface area contributed by atoms with Crippen LogP contribution in [-0.2, 0) is 30.4 Å². The standard InChI is InChI=1S/C40H59FN6O8S/c1-25-32(56-24-43-25)26-8-9-27(31(20-26)54-19-18-53-17-16-46-14-10-28(11-15-46)44-37(52)55-39(5,6)7)22-42-34(49)30-21-29(48)23-47(30)35(50)33(38(2,3)4)45-36(51)40(41)12-13-40/h8-9,20,24,28-30,33,48H,10-19,21-23H2,1-7H3,(H,42,49)(H,44,52)(H,45,51)/t29-,30+,33-/m1/s1. The van der Waals surface area contributed by atoms with E-state index in [1.807, 2.05) is 45.9 Å². The summed E-state index contributed by atoms with van der Waals surface area (Å²) in [6.07, 6.45) is 0.604. The first-order valence-corrected chi connectivity index (χ1v) is 20.4. The largest absolute Gasteiger partial charge is 0.491 e. The summed E-state index contributed by atoms with van der Waals surface area (Å²) in [5.41, 5.74) is 1.04. The molecule has 0 radical (unpaired) electrons. The van der Waals surface area contributed by atoms with Crippen LogP contribution >= 0.6 is 11.3 Å². The highest BCUT2D eigenvalue weighted by Gasteiger charge is 2.53. The van der Waals surface area contributed by atoms with Gasteiger partial charge < -0.3 is 45.1 Å². The third kappa shape index (κ3) is 11.8.